The van der Waals surface area contributed by atoms with E-state index in [1.165, 1.54) is 12.1 Å². The second-order valence-electron chi connectivity index (χ2n) is 5.39. The van der Waals surface area contributed by atoms with E-state index in [1.54, 1.807) is 12.1 Å². The Morgan fingerprint density at radius 2 is 2.00 bits per heavy atom. The van der Waals surface area contributed by atoms with Gasteiger partial charge < -0.3 is 20.8 Å². The maximum absolute atomic E-state index is 11.8. The highest BCUT2D eigenvalue weighted by Crippen LogP contribution is 2.32. The summed E-state index contributed by atoms with van der Waals surface area (Å²) in [6.07, 6.45) is 2.14. The molecule has 4 N–H and O–H groups in total. The number of phenols is 1. The van der Waals surface area contributed by atoms with Gasteiger partial charge in [-0.1, -0.05) is 25.5 Å². The SMILES string of the molecule is CCC1CC1NC(=O)N[C@@H](Cc1ccc(O)cc1)C(=O)O. The Hall–Kier alpha value is -2.24. The van der Waals surface area contributed by atoms with Crippen molar-refractivity contribution in [3.63, 3.8) is 0 Å². The molecule has 114 valence electrons. The van der Waals surface area contributed by atoms with Crippen molar-refractivity contribution in [3.8, 4) is 5.75 Å². The van der Waals surface area contributed by atoms with Crippen LogP contribution in [0.2, 0.25) is 0 Å². The molecule has 1 aromatic carbocycles. The fourth-order valence-electron chi connectivity index (χ4n) is 2.31. The van der Waals surface area contributed by atoms with Gasteiger partial charge in [0.2, 0.25) is 0 Å². The smallest absolute Gasteiger partial charge is 0.326 e. The zero-order chi connectivity index (χ0) is 15.4. The maximum atomic E-state index is 11.8. The molecule has 0 saturated heterocycles. The quantitative estimate of drug-likeness (QED) is 0.638. The van der Waals surface area contributed by atoms with E-state index in [1.807, 2.05) is 0 Å². The van der Waals surface area contributed by atoms with E-state index < -0.39 is 18.0 Å². The van der Waals surface area contributed by atoms with Gasteiger partial charge in [0.25, 0.3) is 0 Å². The van der Waals surface area contributed by atoms with Crippen LogP contribution in [0.4, 0.5) is 4.79 Å². The highest BCUT2D eigenvalue weighted by molar-refractivity contribution is 5.83. The summed E-state index contributed by atoms with van der Waals surface area (Å²) in [7, 11) is 0. The highest BCUT2D eigenvalue weighted by Gasteiger charge is 2.37. The normalized spacial score (nSPS) is 21.4. The van der Waals surface area contributed by atoms with Gasteiger partial charge in [-0.25, -0.2) is 9.59 Å². The van der Waals surface area contributed by atoms with Crippen molar-refractivity contribution in [2.45, 2.75) is 38.3 Å². The van der Waals surface area contributed by atoms with Gasteiger partial charge in [-0.15, -0.1) is 0 Å². The van der Waals surface area contributed by atoms with E-state index in [2.05, 4.69) is 17.6 Å². The average Bonchev–Trinajstić information content (AvgIpc) is 3.18. The van der Waals surface area contributed by atoms with Crippen LogP contribution in [-0.2, 0) is 11.2 Å². The molecule has 1 fully saturated rings. The molecule has 2 unspecified atom stereocenters. The lowest BCUT2D eigenvalue weighted by Crippen LogP contribution is -2.47. The van der Waals surface area contributed by atoms with E-state index in [9.17, 15) is 19.8 Å². The van der Waals surface area contributed by atoms with Crippen LogP contribution in [0.3, 0.4) is 0 Å². The summed E-state index contributed by atoms with van der Waals surface area (Å²) in [6.45, 7) is 2.06. The summed E-state index contributed by atoms with van der Waals surface area (Å²) in [4.78, 5) is 23.0. The molecule has 0 radical (unpaired) electrons. The maximum Gasteiger partial charge on any atom is 0.326 e. The fraction of sp³-hybridized carbons (Fsp3) is 0.467. The van der Waals surface area contributed by atoms with Gasteiger partial charge in [-0.3, -0.25) is 0 Å². The first kappa shape index (κ1) is 15.2. The molecule has 3 atom stereocenters. The van der Waals surface area contributed by atoms with E-state index in [-0.39, 0.29) is 18.2 Å². The van der Waals surface area contributed by atoms with Crippen LogP contribution < -0.4 is 10.6 Å². The Balaban J connectivity index is 1.88. The Kier molecular flexibility index (Phi) is 4.67. The molecule has 6 heteroatoms. The number of amides is 2. The number of phenolic OH excluding ortho intramolecular Hbond substituents is 1. The van der Waals surface area contributed by atoms with Crippen LogP contribution in [0.5, 0.6) is 5.75 Å². The summed E-state index contributed by atoms with van der Waals surface area (Å²) >= 11 is 0. The summed E-state index contributed by atoms with van der Waals surface area (Å²) < 4.78 is 0. The zero-order valence-electron chi connectivity index (χ0n) is 11.9. The van der Waals surface area contributed by atoms with Crippen LogP contribution in [0, 0.1) is 5.92 Å². The topological polar surface area (TPSA) is 98.7 Å². The number of carbonyl (C=O) groups is 2. The van der Waals surface area contributed by atoms with Crippen LogP contribution in [0.1, 0.15) is 25.3 Å². The third-order valence-corrected chi connectivity index (χ3v) is 3.74. The fourth-order valence-corrected chi connectivity index (χ4v) is 2.31. The minimum atomic E-state index is -1.08. The number of hydrogen-bond donors (Lipinski definition) is 4. The molecule has 1 saturated carbocycles. The molecule has 0 heterocycles. The number of carboxylic acid groups (broad SMARTS) is 1. The van der Waals surface area contributed by atoms with Gasteiger partial charge in [0, 0.05) is 12.5 Å². The number of aromatic hydroxyl groups is 1. The molecule has 0 spiro atoms. The van der Waals surface area contributed by atoms with E-state index in [0.29, 0.717) is 5.92 Å². The van der Waals surface area contributed by atoms with Crippen LogP contribution in [0.25, 0.3) is 0 Å². The predicted octanol–water partition coefficient (Wildman–Crippen LogP) is 1.49. The van der Waals surface area contributed by atoms with E-state index in [0.717, 1.165) is 18.4 Å². The third kappa shape index (κ3) is 4.37. The Bertz CT molecular complexity index is 515. The second-order valence-corrected chi connectivity index (χ2v) is 5.39. The first-order chi connectivity index (χ1) is 9.99. The van der Waals surface area contributed by atoms with Crippen LogP contribution in [0.15, 0.2) is 24.3 Å². The summed E-state index contributed by atoms with van der Waals surface area (Å²) in [6, 6.07) is 4.99. The number of aliphatic carboxylic acids is 1. The number of nitrogens with one attached hydrogen (secondary N) is 2. The molecule has 21 heavy (non-hydrogen) atoms. The Morgan fingerprint density at radius 3 is 2.52 bits per heavy atom. The van der Waals surface area contributed by atoms with Gasteiger partial charge in [0.1, 0.15) is 11.8 Å². The predicted molar refractivity (Wildman–Crippen MR) is 77.1 cm³/mol. The Labute approximate surface area is 123 Å². The number of benzene rings is 1. The monoisotopic (exact) mass is 292 g/mol. The molecule has 6 nitrogen and oxygen atoms in total. The molecule has 1 aromatic rings. The van der Waals surface area contributed by atoms with Crippen molar-refractivity contribution in [2.24, 2.45) is 5.92 Å². The average molecular weight is 292 g/mol. The van der Waals surface area contributed by atoms with Gasteiger partial charge in [-0.2, -0.15) is 0 Å². The lowest BCUT2D eigenvalue weighted by Gasteiger charge is -2.15. The van der Waals surface area contributed by atoms with Crippen molar-refractivity contribution in [1.29, 1.82) is 0 Å². The molecule has 0 aromatic heterocycles. The van der Waals surface area contributed by atoms with Crippen molar-refractivity contribution in [1.82, 2.24) is 10.6 Å². The minimum Gasteiger partial charge on any atom is -0.508 e. The zero-order valence-corrected chi connectivity index (χ0v) is 11.9. The Morgan fingerprint density at radius 1 is 1.33 bits per heavy atom. The molecular weight excluding hydrogens is 272 g/mol. The largest absolute Gasteiger partial charge is 0.508 e. The van der Waals surface area contributed by atoms with Crippen LogP contribution >= 0.6 is 0 Å². The van der Waals surface area contributed by atoms with Crippen molar-refractivity contribution in [3.05, 3.63) is 29.8 Å². The summed E-state index contributed by atoms with van der Waals surface area (Å²) in [5.41, 5.74) is 0.735. The molecule has 2 rings (SSSR count). The number of hydrogen-bond acceptors (Lipinski definition) is 3. The number of rotatable bonds is 6. The van der Waals surface area contributed by atoms with Crippen LogP contribution in [-0.4, -0.2) is 34.3 Å². The third-order valence-electron chi connectivity index (χ3n) is 3.74. The van der Waals surface area contributed by atoms with Crippen molar-refractivity contribution < 1.29 is 19.8 Å². The van der Waals surface area contributed by atoms with E-state index >= 15 is 0 Å². The molecule has 2 amide bonds. The number of carboxylic acids is 1. The lowest BCUT2D eigenvalue weighted by molar-refractivity contribution is -0.139. The van der Waals surface area contributed by atoms with Gasteiger partial charge in [0.05, 0.1) is 0 Å². The molecule has 0 aliphatic heterocycles. The van der Waals surface area contributed by atoms with Gasteiger partial charge >= 0.3 is 12.0 Å². The highest BCUT2D eigenvalue weighted by atomic mass is 16.4. The van der Waals surface area contributed by atoms with E-state index in [4.69, 9.17) is 0 Å². The first-order valence-electron chi connectivity index (χ1n) is 7.07. The number of urea groups is 1. The van der Waals surface area contributed by atoms with Gasteiger partial charge in [-0.05, 0) is 30.0 Å². The standard InChI is InChI=1S/C15H20N2O4/c1-2-10-8-12(10)16-15(21)17-13(14(19)20)7-9-3-5-11(18)6-4-9/h3-6,10,12-13,18H,2,7-8H2,1H3,(H,19,20)(H2,16,17,21)/t10?,12?,13-/m0/s1. The van der Waals surface area contributed by atoms with Crippen molar-refractivity contribution in [2.75, 3.05) is 0 Å². The van der Waals surface area contributed by atoms with Crippen molar-refractivity contribution >= 4 is 12.0 Å². The first-order valence-corrected chi connectivity index (χ1v) is 7.07. The molecule has 0 bridgehead atoms. The molecule has 1 aliphatic carbocycles. The number of carbonyl (C=O) groups excluding carboxylic acids is 1. The molecular formula is C15H20N2O4. The summed E-state index contributed by atoms with van der Waals surface area (Å²) in [5.74, 6) is -0.451. The summed E-state index contributed by atoms with van der Waals surface area (Å²) in [5, 5.41) is 23.7. The van der Waals surface area contributed by atoms with Gasteiger partial charge in [0.15, 0.2) is 0 Å². The minimum absolute atomic E-state index is 0.121. The molecule has 1 aliphatic rings. The lowest BCUT2D eigenvalue weighted by atomic mass is 10.1. The second kappa shape index (κ2) is 6.47.